The summed E-state index contributed by atoms with van der Waals surface area (Å²) < 4.78 is 26.3. The zero-order valence-electron chi connectivity index (χ0n) is 7.48. The van der Waals surface area contributed by atoms with Gasteiger partial charge < -0.3 is 5.11 Å². The Bertz CT molecular complexity index is 397. The second-order valence-electron chi connectivity index (χ2n) is 2.76. The van der Waals surface area contributed by atoms with Crippen LogP contribution in [0.15, 0.2) is 24.8 Å². The summed E-state index contributed by atoms with van der Waals surface area (Å²) in [6, 6.07) is 1.09. The minimum Gasteiger partial charge on any atom is -0.384 e. The molecule has 80 valence electrons. The van der Waals surface area contributed by atoms with Crippen molar-refractivity contribution < 1.29 is 18.8 Å². The number of aliphatic hydroxyl groups is 1. The molecule has 1 aromatic carbocycles. The number of benzene rings is 1. The van der Waals surface area contributed by atoms with E-state index in [1.807, 2.05) is 0 Å². The summed E-state index contributed by atoms with van der Waals surface area (Å²) in [5.74, 6) is -2.34. The molecule has 0 spiro atoms. The van der Waals surface area contributed by atoms with E-state index in [4.69, 9.17) is 5.11 Å². The highest BCUT2D eigenvalue weighted by molar-refractivity contribution is 5.37. The lowest BCUT2D eigenvalue weighted by molar-refractivity contribution is -0.385. The standard InChI is InChI=1S/C9H7F2NO3/c1-2-8(13)9-6(10)3-5(12(14)15)4-7(9)11/h2-4,8,13H,1H2. The van der Waals surface area contributed by atoms with Crippen molar-refractivity contribution in [2.45, 2.75) is 6.10 Å². The third kappa shape index (κ3) is 2.16. The van der Waals surface area contributed by atoms with Crippen molar-refractivity contribution in [3.8, 4) is 0 Å². The van der Waals surface area contributed by atoms with Gasteiger partial charge in [-0.1, -0.05) is 6.08 Å². The molecule has 1 rings (SSSR count). The van der Waals surface area contributed by atoms with Crippen molar-refractivity contribution in [3.05, 3.63) is 52.1 Å². The maximum Gasteiger partial charge on any atom is 0.275 e. The molecule has 0 aromatic heterocycles. The molecule has 0 amide bonds. The number of nitrogens with zero attached hydrogens (tertiary/aromatic N) is 1. The molecule has 0 aliphatic carbocycles. The number of non-ortho nitro benzene ring substituents is 1. The molecule has 0 saturated carbocycles. The summed E-state index contributed by atoms with van der Waals surface area (Å²) in [4.78, 5) is 9.33. The summed E-state index contributed by atoms with van der Waals surface area (Å²) in [6.45, 7) is 3.16. The Labute approximate surface area is 83.6 Å². The summed E-state index contributed by atoms with van der Waals surface area (Å²) >= 11 is 0. The molecular formula is C9H7F2NO3. The van der Waals surface area contributed by atoms with Crippen molar-refractivity contribution in [2.75, 3.05) is 0 Å². The van der Waals surface area contributed by atoms with Gasteiger partial charge in [-0.05, 0) is 0 Å². The first-order valence-corrected chi connectivity index (χ1v) is 3.91. The number of rotatable bonds is 3. The molecule has 6 heteroatoms. The predicted octanol–water partition coefficient (Wildman–Crippen LogP) is 2.09. The van der Waals surface area contributed by atoms with Gasteiger partial charge in [0.1, 0.15) is 17.7 Å². The van der Waals surface area contributed by atoms with Crippen LogP contribution in [0, 0.1) is 21.7 Å². The molecule has 0 aliphatic heterocycles. The first kappa shape index (κ1) is 11.3. The second-order valence-corrected chi connectivity index (χ2v) is 2.76. The molecule has 0 aliphatic rings. The lowest BCUT2D eigenvalue weighted by atomic mass is 10.1. The predicted molar refractivity (Wildman–Crippen MR) is 48.2 cm³/mol. The molecular weight excluding hydrogens is 208 g/mol. The summed E-state index contributed by atoms with van der Waals surface area (Å²) in [5.41, 5.74) is -1.35. The fourth-order valence-corrected chi connectivity index (χ4v) is 1.08. The molecule has 1 aromatic rings. The smallest absolute Gasteiger partial charge is 0.275 e. The van der Waals surface area contributed by atoms with Crippen LogP contribution in [0.25, 0.3) is 0 Å². The summed E-state index contributed by atoms with van der Waals surface area (Å²) in [5, 5.41) is 19.4. The van der Waals surface area contributed by atoms with Gasteiger partial charge in [-0.2, -0.15) is 0 Å². The monoisotopic (exact) mass is 215 g/mol. The maximum absolute atomic E-state index is 13.2. The topological polar surface area (TPSA) is 63.4 Å². The van der Waals surface area contributed by atoms with E-state index in [0.717, 1.165) is 6.08 Å². The highest BCUT2D eigenvalue weighted by Gasteiger charge is 2.20. The Morgan fingerprint density at radius 3 is 2.27 bits per heavy atom. The van der Waals surface area contributed by atoms with E-state index in [0.29, 0.717) is 12.1 Å². The van der Waals surface area contributed by atoms with Gasteiger partial charge in [0, 0.05) is 0 Å². The first-order chi connectivity index (χ1) is 6.97. The van der Waals surface area contributed by atoms with Gasteiger partial charge in [0.2, 0.25) is 0 Å². The minimum atomic E-state index is -1.52. The van der Waals surface area contributed by atoms with Crippen LogP contribution >= 0.6 is 0 Å². The van der Waals surface area contributed by atoms with Crippen LogP contribution in [0.1, 0.15) is 11.7 Å². The molecule has 4 nitrogen and oxygen atoms in total. The van der Waals surface area contributed by atoms with E-state index in [9.17, 15) is 18.9 Å². The Hall–Kier alpha value is -1.82. The number of hydrogen-bond acceptors (Lipinski definition) is 3. The summed E-state index contributed by atoms with van der Waals surface area (Å²) in [7, 11) is 0. The van der Waals surface area contributed by atoms with Crippen LogP contribution in [-0.4, -0.2) is 10.0 Å². The lowest BCUT2D eigenvalue weighted by Crippen LogP contribution is -2.03. The van der Waals surface area contributed by atoms with Gasteiger partial charge in [0.05, 0.1) is 22.6 Å². The van der Waals surface area contributed by atoms with Crippen LogP contribution in [-0.2, 0) is 0 Å². The fourth-order valence-electron chi connectivity index (χ4n) is 1.08. The van der Waals surface area contributed by atoms with Gasteiger partial charge in [-0.25, -0.2) is 8.78 Å². The average molecular weight is 215 g/mol. The van der Waals surface area contributed by atoms with E-state index in [1.165, 1.54) is 0 Å². The first-order valence-electron chi connectivity index (χ1n) is 3.91. The van der Waals surface area contributed by atoms with E-state index in [2.05, 4.69) is 6.58 Å². The van der Waals surface area contributed by atoms with Gasteiger partial charge >= 0.3 is 0 Å². The second kappa shape index (κ2) is 4.14. The third-order valence-corrected chi connectivity index (χ3v) is 1.79. The van der Waals surface area contributed by atoms with Crippen molar-refractivity contribution in [3.63, 3.8) is 0 Å². The van der Waals surface area contributed by atoms with E-state index in [1.54, 1.807) is 0 Å². The quantitative estimate of drug-likeness (QED) is 0.477. The van der Waals surface area contributed by atoms with E-state index < -0.39 is 33.9 Å². The van der Waals surface area contributed by atoms with Crippen molar-refractivity contribution in [1.29, 1.82) is 0 Å². The molecule has 15 heavy (non-hydrogen) atoms. The maximum atomic E-state index is 13.2. The Morgan fingerprint density at radius 1 is 1.47 bits per heavy atom. The van der Waals surface area contributed by atoms with E-state index in [-0.39, 0.29) is 0 Å². The number of hydrogen-bond donors (Lipinski definition) is 1. The molecule has 0 heterocycles. The van der Waals surface area contributed by atoms with Crippen LogP contribution in [0.5, 0.6) is 0 Å². The number of halogens is 2. The van der Waals surface area contributed by atoms with Crippen molar-refractivity contribution >= 4 is 5.69 Å². The Kier molecular flexibility index (Phi) is 3.11. The van der Waals surface area contributed by atoms with Gasteiger partial charge in [-0.3, -0.25) is 10.1 Å². The molecule has 1 atom stereocenters. The van der Waals surface area contributed by atoms with Gasteiger partial charge in [-0.15, -0.1) is 6.58 Å². The van der Waals surface area contributed by atoms with Gasteiger partial charge in [0.25, 0.3) is 5.69 Å². The van der Waals surface area contributed by atoms with Crippen LogP contribution in [0.2, 0.25) is 0 Å². The average Bonchev–Trinajstić information content (AvgIpc) is 2.16. The molecule has 0 bridgehead atoms. The van der Waals surface area contributed by atoms with Crippen molar-refractivity contribution in [2.24, 2.45) is 0 Å². The molecule has 1 N–H and O–H groups in total. The molecule has 1 unspecified atom stereocenters. The lowest BCUT2D eigenvalue weighted by Gasteiger charge is -2.07. The highest BCUT2D eigenvalue weighted by Crippen LogP contribution is 2.25. The molecule has 0 saturated heterocycles. The van der Waals surface area contributed by atoms with Crippen LogP contribution in [0.3, 0.4) is 0 Å². The number of nitro groups is 1. The van der Waals surface area contributed by atoms with Gasteiger partial charge in [0.15, 0.2) is 0 Å². The van der Waals surface area contributed by atoms with Crippen molar-refractivity contribution in [1.82, 2.24) is 0 Å². The normalized spacial score (nSPS) is 12.2. The SMILES string of the molecule is C=CC(O)c1c(F)cc([N+](=O)[O-])cc1F. The number of aliphatic hydroxyl groups excluding tert-OH is 1. The molecule has 0 fully saturated rings. The Balaban J connectivity index is 3.33. The fraction of sp³-hybridized carbons (Fsp3) is 0.111. The summed E-state index contributed by atoms with van der Waals surface area (Å²) in [6.07, 6.45) is -0.598. The number of nitro benzene ring substituents is 1. The Morgan fingerprint density at radius 2 is 1.93 bits per heavy atom. The molecule has 0 radical (unpaired) electrons. The highest BCUT2D eigenvalue weighted by atomic mass is 19.1. The minimum absolute atomic E-state index is 0.547. The zero-order valence-corrected chi connectivity index (χ0v) is 7.48. The van der Waals surface area contributed by atoms with E-state index >= 15 is 0 Å². The largest absolute Gasteiger partial charge is 0.384 e. The van der Waals surface area contributed by atoms with Crippen LogP contribution in [0.4, 0.5) is 14.5 Å². The third-order valence-electron chi connectivity index (χ3n) is 1.79. The van der Waals surface area contributed by atoms with Crippen LogP contribution < -0.4 is 0 Å². The zero-order chi connectivity index (χ0) is 11.6.